The predicted molar refractivity (Wildman–Crippen MR) is 114 cm³/mol. The minimum Gasteiger partial charge on any atom is -0.381 e. The Morgan fingerprint density at radius 1 is 1.26 bits per heavy atom. The van der Waals surface area contributed by atoms with Gasteiger partial charge in [-0.1, -0.05) is 18.2 Å². The summed E-state index contributed by atoms with van der Waals surface area (Å²) >= 11 is 0. The Morgan fingerprint density at radius 3 is 2.58 bits per heavy atom. The van der Waals surface area contributed by atoms with E-state index in [1.165, 1.54) is 12.1 Å². The van der Waals surface area contributed by atoms with E-state index in [2.05, 4.69) is 20.6 Å². The van der Waals surface area contributed by atoms with Crippen LogP contribution in [0.15, 0.2) is 24.4 Å². The van der Waals surface area contributed by atoms with Gasteiger partial charge in [0.25, 0.3) is 6.43 Å². The lowest BCUT2D eigenvalue weighted by Crippen LogP contribution is -2.38. The number of halogens is 3. The second kappa shape index (κ2) is 9.98. The minimum atomic E-state index is -2.87. The van der Waals surface area contributed by atoms with Crippen molar-refractivity contribution >= 4 is 17.4 Å². The topological polar surface area (TPSA) is 70.2 Å². The van der Waals surface area contributed by atoms with Gasteiger partial charge in [-0.05, 0) is 32.6 Å². The normalized spacial score (nSPS) is 15.8. The molecule has 2 heterocycles. The predicted octanol–water partition coefficient (Wildman–Crippen LogP) is 4.71. The molecule has 0 radical (unpaired) electrons. The third-order valence-corrected chi connectivity index (χ3v) is 5.66. The first-order valence-electron chi connectivity index (χ1n) is 10.4. The second-order valence-corrected chi connectivity index (χ2v) is 7.93. The standard InChI is InChI=1S/C22H28F3N5O/c1-13(17-5-4-6-18(20(17)23)21(24)25)28-22-19(12-26-14(2)29-22)27-11-16-7-9-30(10-8-16)15(3)31/h4-6,12-13,16,21,27H,7-11H2,1-3H3,(H,26,28,29)/t13-/m1/s1. The van der Waals surface area contributed by atoms with Gasteiger partial charge in [0, 0.05) is 32.1 Å². The molecule has 0 unspecified atom stereocenters. The smallest absolute Gasteiger partial charge is 0.266 e. The van der Waals surface area contributed by atoms with E-state index in [1.807, 2.05) is 4.90 Å². The molecule has 1 atom stereocenters. The highest BCUT2D eigenvalue weighted by Crippen LogP contribution is 2.30. The van der Waals surface area contributed by atoms with Crippen LogP contribution in [0.2, 0.25) is 0 Å². The van der Waals surface area contributed by atoms with Gasteiger partial charge in [-0.25, -0.2) is 23.1 Å². The van der Waals surface area contributed by atoms with Crippen LogP contribution < -0.4 is 10.6 Å². The molecule has 1 aromatic carbocycles. The van der Waals surface area contributed by atoms with Crippen LogP contribution in [-0.2, 0) is 4.79 Å². The number of aryl methyl sites for hydroxylation is 1. The van der Waals surface area contributed by atoms with Crippen LogP contribution in [0.1, 0.15) is 56.1 Å². The lowest BCUT2D eigenvalue weighted by Gasteiger charge is -2.31. The molecule has 0 saturated carbocycles. The van der Waals surface area contributed by atoms with E-state index in [0.717, 1.165) is 32.0 Å². The Balaban J connectivity index is 1.69. The molecule has 2 N–H and O–H groups in total. The van der Waals surface area contributed by atoms with Crippen molar-refractivity contribution in [2.75, 3.05) is 30.3 Å². The average Bonchev–Trinajstić information content (AvgIpc) is 2.73. The molecule has 1 aliphatic rings. The summed E-state index contributed by atoms with van der Waals surface area (Å²) in [4.78, 5) is 22.0. The third-order valence-electron chi connectivity index (χ3n) is 5.66. The number of benzene rings is 1. The van der Waals surface area contributed by atoms with Crippen molar-refractivity contribution in [2.24, 2.45) is 5.92 Å². The molecular weight excluding hydrogens is 407 g/mol. The lowest BCUT2D eigenvalue weighted by molar-refractivity contribution is -0.130. The zero-order valence-electron chi connectivity index (χ0n) is 18.0. The maximum atomic E-state index is 14.5. The molecule has 31 heavy (non-hydrogen) atoms. The Kier molecular flexibility index (Phi) is 7.35. The summed E-state index contributed by atoms with van der Waals surface area (Å²) in [5, 5.41) is 6.48. The number of nitrogens with one attached hydrogen (secondary N) is 2. The van der Waals surface area contributed by atoms with Crippen molar-refractivity contribution in [3.05, 3.63) is 47.2 Å². The Labute approximate surface area is 180 Å². The lowest BCUT2D eigenvalue weighted by atomic mass is 9.96. The first-order valence-corrected chi connectivity index (χ1v) is 10.4. The summed E-state index contributed by atoms with van der Waals surface area (Å²) in [6.07, 6.45) is 0.600. The van der Waals surface area contributed by atoms with Crippen LogP contribution in [0.4, 0.5) is 24.7 Å². The zero-order chi connectivity index (χ0) is 22.5. The van der Waals surface area contributed by atoms with Crippen molar-refractivity contribution in [3.63, 3.8) is 0 Å². The molecule has 3 rings (SSSR count). The van der Waals surface area contributed by atoms with Gasteiger partial charge in [0.2, 0.25) is 5.91 Å². The van der Waals surface area contributed by atoms with E-state index in [0.29, 0.717) is 29.8 Å². The van der Waals surface area contributed by atoms with Gasteiger partial charge in [-0.15, -0.1) is 0 Å². The molecular formula is C22H28F3N5O. The highest BCUT2D eigenvalue weighted by Gasteiger charge is 2.22. The SMILES string of the molecule is CC(=O)N1CCC(CNc2cnc(C)nc2N[C@H](C)c2cccc(C(F)F)c2F)CC1. The zero-order valence-corrected chi connectivity index (χ0v) is 18.0. The molecule has 1 aromatic heterocycles. The molecule has 2 aromatic rings. The number of hydrogen-bond donors (Lipinski definition) is 2. The molecule has 168 valence electrons. The summed E-state index contributed by atoms with van der Waals surface area (Å²) < 4.78 is 40.6. The highest BCUT2D eigenvalue weighted by atomic mass is 19.3. The van der Waals surface area contributed by atoms with Gasteiger partial charge in [0.15, 0.2) is 5.82 Å². The Morgan fingerprint density at radius 2 is 1.94 bits per heavy atom. The van der Waals surface area contributed by atoms with E-state index in [-0.39, 0.29) is 11.5 Å². The number of alkyl halides is 2. The number of nitrogens with zero attached hydrogens (tertiary/aromatic N) is 3. The fraction of sp³-hybridized carbons (Fsp3) is 0.500. The monoisotopic (exact) mass is 435 g/mol. The first-order chi connectivity index (χ1) is 14.8. The number of carbonyl (C=O) groups excluding carboxylic acids is 1. The molecule has 9 heteroatoms. The molecule has 1 saturated heterocycles. The van der Waals surface area contributed by atoms with Crippen molar-refractivity contribution in [3.8, 4) is 0 Å². The largest absolute Gasteiger partial charge is 0.381 e. The molecule has 1 fully saturated rings. The van der Waals surface area contributed by atoms with Gasteiger partial charge in [-0.2, -0.15) is 0 Å². The molecule has 0 bridgehead atoms. The molecule has 0 spiro atoms. The number of likely N-dealkylation sites (tertiary alicyclic amines) is 1. The fourth-order valence-corrected chi connectivity index (χ4v) is 3.77. The minimum absolute atomic E-state index is 0.0990. The van der Waals surface area contributed by atoms with Crippen molar-refractivity contribution in [2.45, 2.75) is 46.1 Å². The second-order valence-electron chi connectivity index (χ2n) is 7.93. The van der Waals surface area contributed by atoms with Crippen molar-refractivity contribution < 1.29 is 18.0 Å². The number of amides is 1. The van der Waals surface area contributed by atoms with Gasteiger partial charge >= 0.3 is 0 Å². The van der Waals surface area contributed by atoms with E-state index < -0.39 is 23.8 Å². The number of carbonyl (C=O) groups is 1. The van der Waals surface area contributed by atoms with E-state index in [1.54, 1.807) is 27.0 Å². The van der Waals surface area contributed by atoms with Crippen molar-refractivity contribution in [1.29, 1.82) is 0 Å². The number of hydrogen-bond acceptors (Lipinski definition) is 5. The number of piperidine rings is 1. The van der Waals surface area contributed by atoms with E-state index in [4.69, 9.17) is 0 Å². The summed E-state index contributed by atoms with van der Waals surface area (Å²) in [5.74, 6) is 0.624. The Hall–Kier alpha value is -2.84. The number of aromatic nitrogens is 2. The number of rotatable bonds is 7. The average molecular weight is 435 g/mol. The van der Waals surface area contributed by atoms with Crippen LogP contribution in [0, 0.1) is 18.7 Å². The van der Waals surface area contributed by atoms with Crippen LogP contribution in [0.3, 0.4) is 0 Å². The van der Waals surface area contributed by atoms with Gasteiger partial charge in [0.1, 0.15) is 11.6 Å². The van der Waals surface area contributed by atoms with Crippen LogP contribution in [0.5, 0.6) is 0 Å². The van der Waals surface area contributed by atoms with E-state index >= 15 is 0 Å². The summed E-state index contributed by atoms with van der Waals surface area (Å²) in [6, 6.07) is 3.43. The van der Waals surface area contributed by atoms with Gasteiger partial charge in [0.05, 0.1) is 23.5 Å². The molecule has 1 aliphatic heterocycles. The maximum Gasteiger partial charge on any atom is 0.266 e. The highest BCUT2D eigenvalue weighted by molar-refractivity contribution is 5.73. The first kappa shape index (κ1) is 22.8. The Bertz CT molecular complexity index is 916. The molecule has 6 nitrogen and oxygen atoms in total. The quantitative estimate of drug-likeness (QED) is 0.660. The summed E-state index contributed by atoms with van der Waals surface area (Å²) in [5.41, 5.74) is 0.203. The molecule has 0 aliphatic carbocycles. The van der Waals surface area contributed by atoms with Crippen LogP contribution in [0.25, 0.3) is 0 Å². The van der Waals surface area contributed by atoms with Gasteiger partial charge in [-0.3, -0.25) is 4.79 Å². The van der Waals surface area contributed by atoms with Crippen LogP contribution >= 0.6 is 0 Å². The van der Waals surface area contributed by atoms with Gasteiger partial charge < -0.3 is 15.5 Å². The summed E-state index contributed by atoms with van der Waals surface area (Å²) in [6.45, 7) is 7.21. The third kappa shape index (κ3) is 5.65. The summed E-state index contributed by atoms with van der Waals surface area (Å²) in [7, 11) is 0. The fourth-order valence-electron chi connectivity index (χ4n) is 3.77. The van der Waals surface area contributed by atoms with Crippen LogP contribution in [-0.4, -0.2) is 40.4 Å². The molecule has 1 amide bonds. The number of anilines is 2. The van der Waals surface area contributed by atoms with Crippen molar-refractivity contribution in [1.82, 2.24) is 14.9 Å². The van der Waals surface area contributed by atoms with E-state index in [9.17, 15) is 18.0 Å². The maximum absolute atomic E-state index is 14.5.